The molecule has 180 valence electrons. The molecule has 0 bridgehead atoms. The van der Waals surface area contributed by atoms with Crippen LogP contribution >= 0.6 is 0 Å². The molecule has 3 aromatic carbocycles. The van der Waals surface area contributed by atoms with Gasteiger partial charge in [-0.2, -0.15) is 0 Å². The highest BCUT2D eigenvalue weighted by atomic mass is 16.7. The van der Waals surface area contributed by atoms with Crippen LogP contribution in [-0.4, -0.2) is 32.5 Å². The van der Waals surface area contributed by atoms with Crippen molar-refractivity contribution in [3.63, 3.8) is 0 Å². The molecule has 3 aliphatic rings. The molecule has 0 N–H and O–H groups in total. The maximum atomic E-state index is 5.93. The van der Waals surface area contributed by atoms with Crippen molar-refractivity contribution in [2.45, 2.75) is 38.6 Å². The smallest absolute Gasteiger partial charge is 0.231 e. The Labute approximate surface area is 206 Å². The Morgan fingerprint density at radius 1 is 0.914 bits per heavy atom. The standard InChI is InChI=1S/C30H31NO4/c1-19-28-22(12-13-25(32-2)30(28)33-3)23(11-7-10-20-8-5-4-6-9-20)29-24-17-27-26(34-18-35-27)16-21(24)14-15-31(19)29/h4-6,8-9,12-13,16-17,19H,7,10-11,14-15,18H2,1-3H3. The second kappa shape index (κ2) is 8.88. The van der Waals surface area contributed by atoms with E-state index in [-0.39, 0.29) is 6.04 Å². The first kappa shape index (κ1) is 21.9. The Morgan fingerprint density at radius 3 is 2.49 bits per heavy atom. The summed E-state index contributed by atoms with van der Waals surface area (Å²) in [6.45, 7) is 3.52. The average Bonchev–Trinajstić information content (AvgIpc) is 3.36. The topological polar surface area (TPSA) is 40.2 Å². The Morgan fingerprint density at radius 2 is 1.71 bits per heavy atom. The Balaban J connectivity index is 1.51. The zero-order valence-corrected chi connectivity index (χ0v) is 20.6. The number of hydrogen-bond donors (Lipinski definition) is 0. The molecule has 5 nitrogen and oxygen atoms in total. The third-order valence-corrected chi connectivity index (χ3v) is 7.58. The van der Waals surface area contributed by atoms with Gasteiger partial charge in [-0.05, 0) is 73.1 Å². The summed E-state index contributed by atoms with van der Waals surface area (Å²) in [5, 5.41) is 0. The summed E-state index contributed by atoms with van der Waals surface area (Å²) in [6.07, 6.45) is 4.06. The molecule has 0 saturated heterocycles. The highest BCUT2D eigenvalue weighted by Crippen LogP contribution is 2.53. The average molecular weight is 470 g/mol. The highest BCUT2D eigenvalue weighted by molar-refractivity contribution is 5.95. The van der Waals surface area contributed by atoms with Gasteiger partial charge < -0.3 is 23.8 Å². The largest absolute Gasteiger partial charge is 0.493 e. The van der Waals surface area contributed by atoms with E-state index in [1.807, 2.05) is 6.07 Å². The summed E-state index contributed by atoms with van der Waals surface area (Å²) in [5.41, 5.74) is 9.15. The number of nitrogens with zero attached hydrogens (tertiary/aromatic N) is 1. The van der Waals surface area contributed by atoms with Crippen molar-refractivity contribution < 1.29 is 18.9 Å². The van der Waals surface area contributed by atoms with Crippen molar-refractivity contribution in [2.24, 2.45) is 0 Å². The lowest BCUT2D eigenvalue weighted by atomic mass is 9.80. The molecule has 0 saturated carbocycles. The van der Waals surface area contributed by atoms with Crippen molar-refractivity contribution in [1.29, 1.82) is 0 Å². The quantitative estimate of drug-likeness (QED) is 0.426. The maximum absolute atomic E-state index is 5.93. The predicted molar refractivity (Wildman–Crippen MR) is 137 cm³/mol. The van der Waals surface area contributed by atoms with Gasteiger partial charge in [-0.1, -0.05) is 36.4 Å². The van der Waals surface area contributed by atoms with Crippen molar-refractivity contribution in [3.8, 4) is 23.0 Å². The summed E-state index contributed by atoms with van der Waals surface area (Å²) < 4.78 is 23.1. The van der Waals surface area contributed by atoms with Gasteiger partial charge in [-0.3, -0.25) is 0 Å². The first-order chi connectivity index (χ1) is 17.2. The van der Waals surface area contributed by atoms with Crippen LogP contribution in [0.15, 0.2) is 54.6 Å². The van der Waals surface area contributed by atoms with E-state index in [2.05, 4.69) is 60.4 Å². The molecule has 0 aromatic heterocycles. The number of benzene rings is 3. The third kappa shape index (κ3) is 3.61. The second-order valence-electron chi connectivity index (χ2n) is 9.41. The molecular formula is C30H31NO4. The fourth-order valence-electron chi connectivity index (χ4n) is 5.92. The molecule has 0 radical (unpaired) electrons. The summed E-state index contributed by atoms with van der Waals surface area (Å²) >= 11 is 0. The van der Waals surface area contributed by atoms with E-state index in [1.54, 1.807) is 14.2 Å². The van der Waals surface area contributed by atoms with Gasteiger partial charge in [0.25, 0.3) is 0 Å². The van der Waals surface area contributed by atoms with Crippen LogP contribution in [0.1, 0.15) is 53.6 Å². The van der Waals surface area contributed by atoms with Crippen LogP contribution in [0.4, 0.5) is 0 Å². The van der Waals surface area contributed by atoms with Crippen LogP contribution in [0, 0.1) is 0 Å². The molecule has 0 fully saturated rings. The lowest BCUT2D eigenvalue weighted by molar-refractivity contribution is 0.174. The number of hydrogen-bond acceptors (Lipinski definition) is 5. The lowest BCUT2D eigenvalue weighted by Gasteiger charge is -2.44. The van der Waals surface area contributed by atoms with E-state index >= 15 is 0 Å². The van der Waals surface area contributed by atoms with Crippen molar-refractivity contribution in [3.05, 3.63) is 82.4 Å². The van der Waals surface area contributed by atoms with Crippen LogP contribution in [0.3, 0.4) is 0 Å². The summed E-state index contributed by atoms with van der Waals surface area (Å²) in [6, 6.07) is 19.5. The highest BCUT2D eigenvalue weighted by Gasteiger charge is 2.37. The number of rotatable bonds is 6. The summed E-state index contributed by atoms with van der Waals surface area (Å²) in [4.78, 5) is 2.55. The molecule has 6 rings (SSSR count). The molecule has 1 unspecified atom stereocenters. The molecule has 35 heavy (non-hydrogen) atoms. The molecule has 0 aliphatic carbocycles. The van der Waals surface area contributed by atoms with E-state index in [4.69, 9.17) is 18.9 Å². The van der Waals surface area contributed by atoms with E-state index in [9.17, 15) is 0 Å². The molecule has 0 amide bonds. The normalized spacial score (nSPS) is 17.6. The zero-order valence-electron chi connectivity index (χ0n) is 20.6. The van der Waals surface area contributed by atoms with E-state index in [0.717, 1.165) is 55.2 Å². The van der Waals surface area contributed by atoms with Crippen LogP contribution in [0.2, 0.25) is 0 Å². The monoisotopic (exact) mass is 469 g/mol. The van der Waals surface area contributed by atoms with Crippen molar-refractivity contribution in [1.82, 2.24) is 4.90 Å². The molecule has 5 heteroatoms. The molecule has 3 aromatic rings. The van der Waals surface area contributed by atoms with Gasteiger partial charge in [0.1, 0.15) is 0 Å². The van der Waals surface area contributed by atoms with Gasteiger partial charge in [0.05, 0.1) is 20.3 Å². The first-order valence-electron chi connectivity index (χ1n) is 12.4. The second-order valence-corrected chi connectivity index (χ2v) is 9.41. The predicted octanol–water partition coefficient (Wildman–Crippen LogP) is 6.26. The molecule has 1 atom stereocenters. The molecular weight excluding hydrogens is 438 g/mol. The minimum atomic E-state index is 0.168. The van der Waals surface area contributed by atoms with E-state index in [1.165, 1.54) is 39.1 Å². The number of methoxy groups -OCH3 is 2. The Bertz CT molecular complexity index is 1300. The number of fused-ring (bicyclic) bond motifs is 5. The minimum absolute atomic E-state index is 0.168. The molecule has 3 aliphatic heterocycles. The SMILES string of the molecule is COc1ccc2c(c1OC)C(C)N1CCc3cc4c(cc3C1=C2CCCc1ccccc1)OCO4. The van der Waals surface area contributed by atoms with Crippen LogP contribution < -0.4 is 18.9 Å². The maximum Gasteiger partial charge on any atom is 0.231 e. The Hall–Kier alpha value is -3.60. The van der Waals surface area contributed by atoms with Gasteiger partial charge >= 0.3 is 0 Å². The van der Waals surface area contributed by atoms with Gasteiger partial charge in [-0.15, -0.1) is 0 Å². The van der Waals surface area contributed by atoms with E-state index in [0.29, 0.717) is 6.79 Å². The van der Waals surface area contributed by atoms with Crippen molar-refractivity contribution in [2.75, 3.05) is 27.6 Å². The van der Waals surface area contributed by atoms with Gasteiger partial charge in [0.15, 0.2) is 23.0 Å². The summed E-state index contributed by atoms with van der Waals surface area (Å²) in [5.74, 6) is 3.33. The first-order valence-corrected chi connectivity index (χ1v) is 12.4. The third-order valence-electron chi connectivity index (χ3n) is 7.58. The van der Waals surface area contributed by atoms with Gasteiger partial charge in [-0.25, -0.2) is 0 Å². The van der Waals surface area contributed by atoms with Crippen molar-refractivity contribution >= 4 is 11.3 Å². The van der Waals surface area contributed by atoms with Crippen LogP contribution in [0.25, 0.3) is 11.3 Å². The number of allylic oxidation sites excluding steroid dienone is 1. The fraction of sp³-hybridized carbons (Fsp3) is 0.333. The number of aryl methyl sites for hydroxylation is 1. The Kier molecular flexibility index (Phi) is 5.56. The van der Waals surface area contributed by atoms with Crippen LogP contribution in [0.5, 0.6) is 23.0 Å². The van der Waals surface area contributed by atoms with Crippen LogP contribution in [-0.2, 0) is 12.8 Å². The van der Waals surface area contributed by atoms with Gasteiger partial charge in [0, 0.05) is 23.4 Å². The van der Waals surface area contributed by atoms with Gasteiger partial charge in [0.2, 0.25) is 6.79 Å². The minimum Gasteiger partial charge on any atom is -0.493 e. The fourth-order valence-corrected chi connectivity index (χ4v) is 5.92. The van der Waals surface area contributed by atoms with E-state index < -0.39 is 0 Å². The molecule has 0 spiro atoms. The number of ether oxygens (including phenoxy) is 4. The summed E-state index contributed by atoms with van der Waals surface area (Å²) in [7, 11) is 3.45. The zero-order chi connectivity index (χ0) is 23.9. The molecule has 3 heterocycles. The lowest BCUT2D eigenvalue weighted by Crippen LogP contribution is -2.36.